The molecule has 3 nitrogen and oxygen atoms in total. The summed E-state index contributed by atoms with van der Waals surface area (Å²) in [6, 6.07) is 12.0. The molecular weight excluding hydrogens is 363 g/mol. The maximum atomic E-state index is 13.6. The third-order valence-corrected chi connectivity index (χ3v) is 6.28. The number of fused-ring (bicyclic) bond motifs is 2. The molecule has 4 rings (SSSR count). The van der Waals surface area contributed by atoms with Crippen molar-refractivity contribution in [3.63, 3.8) is 0 Å². The van der Waals surface area contributed by atoms with E-state index in [2.05, 4.69) is 35.0 Å². The molecule has 0 spiro atoms. The molecule has 0 saturated heterocycles. The first-order chi connectivity index (χ1) is 14.2. The highest BCUT2D eigenvalue weighted by molar-refractivity contribution is 5.83. The van der Waals surface area contributed by atoms with Crippen molar-refractivity contribution < 1.29 is 9.13 Å². The SMILES string of the molecule is CCCN(CCCc1c[nH]c2ccc(F)cc12)C1CCc2cccc(OC)c2C1. The highest BCUT2D eigenvalue weighted by Crippen LogP contribution is 2.32. The lowest BCUT2D eigenvalue weighted by atomic mass is 9.86. The van der Waals surface area contributed by atoms with E-state index in [9.17, 15) is 4.39 Å². The standard InChI is InChI=1S/C25H31FN2O/c1-3-13-28(21-11-9-18-6-4-8-25(29-2)23(18)16-21)14-5-7-19-17-27-24-12-10-20(26)15-22(19)24/h4,6,8,10,12,15,17,21,27H,3,5,7,9,11,13-14,16H2,1-2H3. The van der Waals surface area contributed by atoms with Crippen molar-refractivity contribution in [2.24, 2.45) is 0 Å². The van der Waals surface area contributed by atoms with E-state index in [1.807, 2.05) is 12.3 Å². The monoisotopic (exact) mass is 394 g/mol. The Balaban J connectivity index is 1.42. The highest BCUT2D eigenvalue weighted by Gasteiger charge is 2.25. The second-order valence-electron chi connectivity index (χ2n) is 8.14. The quantitative estimate of drug-likeness (QED) is 0.545. The Morgan fingerprint density at radius 3 is 2.93 bits per heavy atom. The largest absolute Gasteiger partial charge is 0.496 e. The summed E-state index contributed by atoms with van der Waals surface area (Å²) in [5, 5.41) is 1.02. The van der Waals surface area contributed by atoms with E-state index in [1.54, 1.807) is 13.2 Å². The normalized spacial score (nSPS) is 16.3. The Kier molecular flexibility index (Phi) is 6.19. The Bertz CT molecular complexity index is 950. The number of hydrogen-bond acceptors (Lipinski definition) is 2. The van der Waals surface area contributed by atoms with Crippen LogP contribution in [0.1, 0.15) is 42.9 Å². The number of methoxy groups -OCH3 is 1. The van der Waals surface area contributed by atoms with Crippen molar-refractivity contribution in [3.05, 3.63) is 65.1 Å². The summed E-state index contributed by atoms with van der Waals surface area (Å²) in [4.78, 5) is 5.93. The van der Waals surface area contributed by atoms with Gasteiger partial charge in [-0.05, 0) is 92.6 Å². The third-order valence-electron chi connectivity index (χ3n) is 6.28. The van der Waals surface area contributed by atoms with Crippen LogP contribution in [0.3, 0.4) is 0 Å². The van der Waals surface area contributed by atoms with Crippen molar-refractivity contribution >= 4 is 10.9 Å². The number of aromatic amines is 1. The molecule has 0 bridgehead atoms. The molecule has 2 aromatic carbocycles. The first-order valence-corrected chi connectivity index (χ1v) is 10.8. The molecule has 4 heteroatoms. The van der Waals surface area contributed by atoms with Crippen molar-refractivity contribution in [2.45, 2.75) is 51.5 Å². The van der Waals surface area contributed by atoms with Gasteiger partial charge in [-0.1, -0.05) is 19.1 Å². The number of halogens is 1. The fourth-order valence-corrected chi connectivity index (χ4v) is 4.83. The Morgan fingerprint density at radius 2 is 2.10 bits per heavy atom. The zero-order chi connectivity index (χ0) is 20.2. The molecule has 0 amide bonds. The number of H-pyrrole nitrogens is 1. The van der Waals surface area contributed by atoms with Gasteiger partial charge in [0.25, 0.3) is 0 Å². The van der Waals surface area contributed by atoms with E-state index in [0.29, 0.717) is 6.04 Å². The van der Waals surface area contributed by atoms with Crippen molar-refractivity contribution in [1.82, 2.24) is 9.88 Å². The Hall–Kier alpha value is -2.33. The van der Waals surface area contributed by atoms with Gasteiger partial charge in [-0.2, -0.15) is 0 Å². The van der Waals surface area contributed by atoms with Crippen molar-refractivity contribution in [1.29, 1.82) is 0 Å². The molecule has 1 aliphatic carbocycles. The summed E-state index contributed by atoms with van der Waals surface area (Å²) in [6.07, 6.45) is 8.65. The number of aromatic nitrogens is 1. The van der Waals surface area contributed by atoms with Crippen LogP contribution in [-0.4, -0.2) is 36.1 Å². The van der Waals surface area contributed by atoms with Crippen LogP contribution in [0, 0.1) is 5.82 Å². The van der Waals surface area contributed by atoms with Crippen LogP contribution in [0.25, 0.3) is 10.9 Å². The van der Waals surface area contributed by atoms with Gasteiger partial charge in [0, 0.05) is 23.1 Å². The fraction of sp³-hybridized carbons (Fsp3) is 0.440. The average Bonchev–Trinajstić information content (AvgIpc) is 3.14. The van der Waals surface area contributed by atoms with Gasteiger partial charge in [0.05, 0.1) is 7.11 Å². The summed E-state index contributed by atoms with van der Waals surface area (Å²) >= 11 is 0. The smallest absolute Gasteiger partial charge is 0.123 e. The minimum Gasteiger partial charge on any atom is -0.496 e. The number of nitrogens with one attached hydrogen (secondary N) is 1. The maximum absolute atomic E-state index is 13.6. The van der Waals surface area contributed by atoms with Gasteiger partial charge in [0.2, 0.25) is 0 Å². The molecule has 1 unspecified atom stereocenters. The predicted molar refractivity (Wildman–Crippen MR) is 117 cm³/mol. The molecule has 0 saturated carbocycles. The van der Waals surface area contributed by atoms with Gasteiger partial charge in [-0.15, -0.1) is 0 Å². The van der Waals surface area contributed by atoms with Crippen LogP contribution < -0.4 is 4.74 Å². The molecule has 0 aliphatic heterocycles. The molecule has 0 fully saturated rings. The van der Waals surface area contributed by atoms with Crippen molar-refractivity contribution in [3.8, 4) is 5.75 Å². The number of nitrogens with zero attached hydrogens (tertiary/aromatic N) is 1. The molecule has 1 N–H and O–H groups in total. The zero-order valence-corrected chi connectivity index (χ0v) is 17.5. The van der Waals surface area contributed by atoms with Crippen LogP contribution in [0.2, 0.25) is 0 Å². The summed E-state index contributed by atoms with van der Waals surface area (Å²) < 4.78 is 19.3. The van der Waals surface area contributed by atoms with Crippen molar-refractivity contribution in [2.75, 3.05) is 20.2 Å². The van der Waals surface area contributed by atoms with Gasteiger partial charge in [0.15, 0.2) is 0 Å². The van der Waals surface area contributed by atoms with E-state index in [-0.39, 0.29) is 5.82 Å². The fourth-order valence-electron chi connectivity index (χ4n) is 4.83. The first-order valence-electron chi connectivity index (χ1n) is 10.8. The maximum Gasteiger partial charge on any atom is 0.123 e. The second kappa shape index (κ2) is 9.00. The second-order valence-corrected chi connectivity index (χ2v) is 8.14. The van der Waals surface area contributed by atoms with E-state index in [4.69, 9.17) is 4.74 Å². The lowest BCUT2D eigenvalue weighted by Gasteiger charge is -2.35. The van der Waals surface area contributed by atoms with Crippen LogP contribution in [0.4, 0.5) is 4.39 Å². The molecule has 1 aromatic heterocycles. The summed E-state index contributed by atoms with van der Waals surface area (Å²) in [7, 11) is 1.77. The third kappa shape index (κ3) is 4.32. The number of rotatable bonds is 8. The topological polar surface area (TPSA) is 28.3 Å². The molecule has 1 atom stereocenters. The number of aryl methyl sites for hydroxylation is 2. The summed E-state index contributed by atoms with van der Waals surface area (Å²) in [5.74, 6) is 0.866. The molecule has 3 aromatic rings. The summed E-state index contributed by atoms with van der Waals surface area (Å²) in [5.41, 5.74) is 5.06. The molecule has 1 aliphatic rings. The Labute approximate surface area is 172 Å². The summed E-state index contributed by atoms with van der Waals surface area (Å²) in [6.45, 7) is 4.45. The van der Waals surface area contributed by atoms with E-state index in [0.717, 1.165) is 61.8 Å². The Morgan fingerprint density at radius 1 is 1.21 bits per heavy atom. The average molecular weight is 395 g/mol. The van der Waals surface area contributed by atoms with Crippen LogP contribution in [-0.2, 0) is 19.3 Å². The molecule has 1 heterocycles. The van der Waals surface area contributed by atoms with Gasteiger partial charge >= 0.3 is 0 Å². The van der Waals surface area contributed by atoms with Crippen LogP contribution in [0.15, 0.2) is 42.6 Å². The zero-order valence-electron chi connectivity index (χ0n) is 17.5. The molecule has 29 heavy (non-hydrogen) atoms. The predicted octanol–water partition coefficient (Wildman–Crippen LogP) is 5.52. The lowest BCUT2D eigenvalue weighted by Crippen LogP contribution is -2.40. The van der Waals surface area contributed by atoms with Gasteiger partial charge < -0.3 is 14.6 Å². The van der Waals surface area contributed by atoms with Crippen LogP contribution in [0.5, 0.6) is 5.75 Å². The minimum atomic E-state index is -0.166. The first kappa shape index (κ1) is 20.0. The van der Waals surface area contributed by atoms with Gasteiger partial charge in [-0.25, -0.2) is 4.39 Å². The number of ether oxygens (including phenoxy) is 1. The van der Waals surface area contributed by atoms with E-state index >= 15 is 0 Å². The number of hydrogen-bond donors (Lipinski definition) is 1. The van der Waals surface area contributed by atoms with E-state index in [1.165, 1.54) is 29.2 Å². The van der Waals surface area contributed by atoms with Gasteiger partial charge in [-0.3, -0.25) is 0 Å². The molecule has 154 valence electrons. The molecular formula is C25H31FN2O. The lowest BCUT2D eigenvalue weighted by molar-refractivity contribution is 0.176. The van der Waals surface area contributed by atoms with Crippen LogP contribution >= 0.6 is 0 Å². The molecule has 0 radical (unpaired) electrons. The van der Waals surface area contributed by atoms with E-state index < -0.39 is 0 Å². The minimum absolute atomic E-state index is 0.166. The highest BCUT2D eigenvalue weighted by atomic mass is 19.1. The van der Waals surface area contributed by atoms with Gasteiger partial charge in [0.1, 0.15) is 11.6 Å². The number of benzene rings is 2.